The second kappa shape index (κ2) is 7.90. The molecule has 1 aliphatic carbocycles. The quantitative estimate of drug-likeness (QED) is 0.813. The molecule has 0 aliphatic heterocycles. The van der Waals surface area contributed by atoms with Crippen molar-refractivity contribution < 1.29 is 4.79 Å². The number of carbonyl (C=O) groups is 1. The zero-order valence-electron chi connectivity index (χ0n) is 14.4. The third-order valence-corrected chi connectivity index (χ3v) is 5.87. The Labute approximate surface area is 147 Å². The summed E-state index contributed by atoms with van der Waals surface area (Å²) in [4.78, 5) is 18.1. The Hall–Kier alpha value is -1.72. The molecular weight excluding hydrogens is 318 g/mol. The number of aromatic nitrogens is 1. The van der Waals surface area contributed by atoms with Gasteiger partial charge in [0.05, 0.1) is 10.7 Å². The van der Waals surface area contributed by atoms with Gasteiger partial charge in [0, 0.05) is 18.2 Å². The fourth-order valence-corrected chi connectivity index (χ4v) is 4.34. The van der Waals surface area contributed by atoms with Crippen molar-refractivity contribution in [3.05, 3.63) is 45.4 Å². The first-order chi connectivity index (χ1) is 11.7. The number of anilines is 1. The lowest BCUT2D eigenvalue weighted by Crippen LogP contribution is -2.17. The van der Waals surface area contributed by atoms with Crippen LogP contribution in [0, 0.1) is 6.92 Å². The molecule has 4 nitrogen and oxygen atoms in total. The SMILES string of the molecule is CCNCc1ccccc1NC(=O)c1sc(C2CCCC2)nc1C. The molecule has 1 heterocycles. The molecule has 1 amide bonds. The number of benzene rings is 1. The molecule has 0 spiro atoms. The van der Waals surface area contributed by atoms with Crippen LogP contribution in [0.1, 0.15) is 64.5 Å². The lowest BCUT2D eigenvalue weighted by molar-refractivity contribution is 0.102. The highest BCUT2D eigenvalue weighted by Crippen LogP contribution is 2.37. The van der Waals surface area contributed by atoms with Gasteiger partial charge in [-0.15, -0.1) is 11.3 Å². The third-order valence-electron chi connectivity index (χ3n) is 4.55. The maximum Gasteiger partial charge on any atom is 0.267 e. The first-order valence-corrected chi connectivity index (χ1v) is 9.58. The summed E-state index contributed by atoms with van der Waals surface area (Å²) in [7, 11) is 0. The van der Waals surface area contributed by atoms with Crippen LogP contribution in [0.3, 0.4) is 0 Å². The van der Waals surface area contributed by atoms with Crippen molar-refractivity contribution in [1.82, 2.24) is 10.3 Å². The molecule has 5 heteroatoms. The number of hydrogen-bond donors (Lipinski definition) is 2. The maximum atomic E-state index is 12.7. The summed E-state index contributed by atoms with van der Waals surface area (Å²) in [5.74, 6) is 0.509. The summed E-state index contributed by atoms with van der Waals surface area (Å²) in [5.41, 5.74) is 2.83. The highest BCUT2D eigenvalue weighted by Gasteiger charge is 2.24. The van der Waals surface area contributed by atoms with E-state index in [2.05, 4.69) is 22.5 Å². The Balaban J connectivity index is 1.75. The number of nitrogens with one attached hydrogen (secondary N) is 2. The van der Waals surface area contributed by atoms with Gasteiger partial charge in [0.1, 0.15) is 4.88 Å². The Bertz CT molecular complexity index is 704. The van der Waals surface area contributed by atoms with E-state index in [1.165, 1.54) is 25.7 Å². The second-order valence-electron chi connectivity index (χ2n) is 6.34. The number of para-hydroxylation sites is 1. The molecule has 0 atom stereocenters. The van der Waals surface area contributed by atoms with Crippen molar-refractivity contribution >= 4 is 22.9 Å². The van der Waals surface area contributed by atoms with E-state index in [0.717, 1.165) is 39.9 Å². The molecule has 2 aromatic rings. The molecule has 1 aromatic heterocycles. The summed E-state index contributed by atoms with van der Waals surface area (Å²) in [6, 6.07) is 7.95. The minimum atomic E-state index is -0.0433. The van der Waals surface area contributed by atoms with E-state index < -0.39 is 0 Å². The highest BCUT2D eigenvalue weighted by atomic mass is 32.1. The predicted molar refractivity (Wildman–Crippen MR) is 99.8 cm³/mol. The molecule has 1 fully saturated rings. The normalized spacial score (nSPS) is 14.9. The number of nitrogens with zero attached hydrogens (tertiary/aromatic N) is 1. The van der Waals surface area contributed by atoms with E-state index in [1.807, 2.05) is 31.2 Å². The maximum absolute atomic E-state index is 12.7. The van der Waals surface area contributed by atoms with Crippen molar-refractivity contribution in [2.45, 2.75) is 52.0 Å². The van der Waals surface area contributed by atoms with Gasteiger partial charge < -0.3 is 10.6 Å². The average Bonchev–Trinajstić information content (AvgIpc) is 3.23. The van der Waals surface area contributed by atoms with E-state index in [9.17, 15) is 4.79 Å². The summed E-state index contributed by atoms with van der Waals surface area (Å²) in [6.07, 6.45) is 4.98. The summed E-state index contributed by atoms with van der Waals surface area (Å²) in [5, 5.41) is 7.52. The van der Waals surface area contributed by atoms with Gasteiger partial charge in [-0.2, -0.15) is 0 Å². The Morgan fingerprint density at radius 1 is 1.29 bits per heavy atom. The first-order valence-electron chi connectivity index (χ1n) is 8.76. The van der Waals surface area contributed by atoms with Crippen molar-refractivity contribution in [2.24, 2.45) is 0 Å². The summed E-state index contributed by atoms with van der Waals surface area (Å²) in [6.45, 7) is 5.67. The van der Waals surface area contributed by atoms with Crippen molar-refractivity contribution in [2.75, 3.05) is 11.9 Å². The van der Waals surface area contributed by atoms with Gasteiger partial charge >= 0.3 is 0 Å². The van der Waals surface area contributed by atoms with Crippen LogP contribution in [0.15, 0.2) is 24.3 Å². The second-order valence-corrected chi connectivity index (χ2v) is 7.37. The lowest BCUT2D eigenvalue weighted by atomic mass is 10.1. The van der Waals surface area contributed by atoms with Crippen LogP contribution in [0.5, 0.6) is 0 Å². The molecule has 1 aromatic carbocycles. The van der Waals surface area contributed by atoms with Gasteiger partial charge in [0.2, 0.25) is 0 Å². The van der Waals surface area contributed by atoms with Gasteiger partial charge in [-0.3, -0.25) is 4.79 Å². The van der Waals surface area contributed by atoms with E-state index >= 15 is 0 Å². The standard InChI is InChI=1S/C19H25N3OS/c1-3-20-12-15-10-6-7-11-16(15)22-18(23)17-13(2)21-19(24-17)14-8-4-5-9-14/h6-7,10-11,14,20H,3-5,8-9,12H2,1-2H3,(H,22,23). The van der Waals surface area contributed by atoms with Gasteiger partial charge in [-0.1, -0.05) is 38.0 Å². The number of aryl methyl sites for hydroxylation is 1. The molecule has 3 rings (SSSR count). The fraction of sp³-hybridized carbons (Fsp3) is 0.474. The van der Waals surface area contributed by atoms with Crippen LogP contribution in [0.25, 0.3) is 0 Å². The summed E-state index contributed by atoms with van der Waals surface area (Å²) >= 11 is 1.57. The van der Waals surface area contributed by atoms with Crippen molar-refractivity contribution in [3.63, 3.8) is 0 Å². The molecule has 0 bridgehead atoms. The van der Waals surface area contributed by atoms with Crippen LogP contribution < -0.4 is 10.6 Å². The first kappa shape index (κ1) is 17.1. The third kappa shape index (κ3) is 3.84. The van der Waals surface area contributed by atoms with Crippen molar-refractivity contribution in [3.8, 4) is 0 Å². The summed E-state index contributed by atoms with van der Waals surface area (Å²) < 4.78 is 0. The number of rotatable bonds is 6. The number of thiazole rings is 1. The highest BCUT2D eigenvalue weighted by molar-refractivity contribution is 7.14. The molecule has 0 saturated heterocycles. The molecule has 0 radical (unpaired) electrons. The minimum Gasteiger partial charge on any atom is -0.321 e. The molecule has 1 aliphatic rings. The lowest BCUT2D eigenvalue weighted by Gasteiger charge is -2.11. The number of hydrogen-bond acceptors (Lipinski definition) is 4. The smallest absolute Gasteiger partial charge is 0.267 e. The molecule has 1 saturated carbocycles. The van der Waals surface area contributed by atoms with Crippen molar-refractivity contribution in [1.29, 1.82) is 0 Å². The molecule has 2 N–H and O–H groups in total. The van der Waals surface area contributed by atoms with Crippen LogP contribution in [-0.2, 0) is 6.54 Å². The monoisotopic (exact) mass is 343 g/mol. The van der Waals surface area contributed by atoms with Crippen LogP contribution in [-0.4, -0.2) is 17.4 Å². The van der Waals surface area contributed by atoms with E-state index in [-0.39, 0.29) is 5.91 Å². The average molecular weight is 343 g/mol. The largest absolute Gasteiger partial charge is 0.321 e. The number of carbonyl (C=O) groups excluding carboxylic acids is 1. The van der Waals surface area contributed by atoms with E-state index in [0.29, 0.717) is 5.92 Å². The predicted octanol–water partition coefficient (Wildman–Crippen LogP) is 4.47. The zero-order valence-corrected chi connectivity index (χ0v) is 15.2. The topological polar surface area (TPSA) is 54.0 Å². The molecule has 0 unspecified atom stereocenters. The fourth-order valence-electron chi connectivity index (χ4n) is 3.21. The molecule has 24 heavy (non-hydrogen) atoms. The van der Waals surface area contributed by atoms with Crippen LogP contribution in [0.2, 0.25) is 0 Å². The van der Waals surface area contributed by atoms with Crippen LogP contribution in [0.4, 0.5) is 5.69 Å². The van der Waals surface area contributed by atoms with Gasteiger partial charge in [-0.05, 0) is 37.9 Å². The van der Waals surface area contributed by atoms with Crippen LogP contribution >= 0.6 is 11.3 Å². The molecule has 128 valence electrons. The molecular formula is C19H25N3OS. The Morgan fingerprint density at radius 3 is 2.79 bits per heavy atom. The zero-order chi connectivity index (χ0) is 16.9. The number of amides is 1. The van der Waals surface area contributed by atoms with E-state index in [4.69, 9.17) is 0 Å². The van der Waals surface area contributed by atoms with Gasteiger partial charge in [0.15, 0.2) is 0 Å². The van der Waals surface area contributed by atoms with Gasteiger partial charge in [-0.25, -0.2) is 4.98 Å². The van der Waals surface area contributed by atoms with E-state index in [1.54, 1.807) is 11.3 Å². The minimum absolute atomic E-state index is 0.0433. The Morgan fingerprint density at radius 2 is 2.04 bits per heavy atom. The van der Waals surface area contributed by atoms with Gasteiger partial charge in [0.25, 0.3) is 5.91 Å². The Kier molecular flexibility index (Phi) is 5.63.